The molecule has 0 saturated carbocycles. The molecule has 1 aromatic carbocycles. The molecule has 4 nitrogen and oxygen atoms in total. The molecule has 0 unspecified atom stereocenters. The van der Waals surface area contributed by atoms with Crippen LogP contribution < -0.4 is 10.1 Å². The Hall–Kier alpha value is -1.50. The minimum atomic E-state index is -2.71. The zero-order valence-electron chi connectivity index (χ0n) is 8.64. The number of rotatable bonds is 5. The first kappa shape index (κ1) is 13.6. The summed E-state index contributed by atoms with van der Waals surface area (Å²) in [4.78, 5) is 10.4. The Morgan fingerprint density at radius 2 is 2.24 bits per heavy atom. The summed E-state index contributed by atoms with van der Waals surface area (Å²) in [6.07, 6.45) is -2.71. The van der Waals surface area contributed by atoms with Gasteiger partial charge in [0.1, 0.15) is 17.4 Å². The van der Waals surface area contributed by atoms with E-state index in [2.05, 4.69) is 15.2 Å². The van der Waals surface area contributed by atoms with E-state index in [9.17, 15) is 18.1 Å². The molecule has 0 aliphatic carbocycles. The van der Waals surface area contributed by atoms with Crippen LogP contribution in [0.4, 0.5) is 24.5 Å². The van der Waals surface area contributed by atoms with E-state index in [1.54, 1.807) is 0 Å². The molecular weight excluding hydrogens is 261 g/mol. The summed E-state index contributed by atoms with van der Waals surface area (Å²) < 4.78 is 41.8. The molecule has 0 amide bonds. The van der Waals surface area contributed by atoms with Crippen LogP contribution in [-0.4, -0.2) is 20.1 Å². The Kier molecular flexibility index (Phi) is 4.56. The Bertz CT molecular complexity index is 429. The summed E-state index contributed by atoms with van der Waals surface area (Å²) >= 11 is 5.75. The van der Waals surface area contributed by atoms with Crippen LogP contribution in [-0.2, 0) is 0 Å². The van der Waals surface area contributed by atoms with E-state index in [-0.39, 0.29) is 16.5 Å². The maximum absolute atomic E-state index is 13.3. The van der Waals surface area contributed by atoms with Gasteiger partial charge < -0.3 is 10.1 Å². The van der Waals surface area contributed by atoms with Crippen molar-refractivity contribution in [3.05, 3.63) is 21.8 Å². The quantitative estimate of drug-likeness (QED) is 0.831. The Morgan fingerprint density at radius 1 is 1.59 bits per heavy atom. The lowest BCUT2D eigenvalue weighted by Gasteiger charge is -2.12. The van der Waals surface area contributed by atoms with Crippen LogP contribution in [0.5, 0.6) is 5.75 Å². The molecular formula is C9H8ClF3N2O2. The summed E-state index contributed by atoms with van der Waals surface area (Å²) in [5, 5.41) is 4.74. The summed E-state index contributed by atoms with van der Waals surface area (Å²) in [6, 6.07) is 0.738. The van der Waals surface area contributed by atoms with Gasteiger partial charge >= 0.3 is 0 Å². The van der Waals surface area contributed by atoms with Gasteiger partial charge in [-0.1, -0.05) is 11.6 Å². The Labute approximate surface area is 99.7 Å². The van der Waals surface area contributed by atoms with Crippen molar-refractivity contribution in [3.63, 3.8) is 0 Å². The predicted molar refractivity (Wildman–Crippen MR) is 57.9 cm³/mol. The molecule has 0 aliphatic rings. The van der Waals surface area contributed by atoms with Gasteiger partial charge in [0, 0.05) is 13.1 Å². The number of alkyl halides is 2. The molecule has 8 heteroatoms. The van der Waals surface area contributed by atoms with Gasteiger partial charge in [0.2, 0.25) is 0 Å². The van der Waals surface area contributed by atoms with Crippen LogP contribution in [0.25, 0.3) is 0 Å². The van der Waals surface area contributed by atoms with Gasteiger partial charge in [-0.05, 0) is 5.18 Å². The SMILES string of the molecule is CNc1c(Cl)c(OCC(F)F)cc(F)c1N=O. The number of anilines is 1. The number of halogens is 4. The number of nitrogens with zero attached hydrogens (tertiary/aromatic N) is 1. The monoisotopic (exact) mass is 268 g/mol. The third-order valence-corrected chi connectivity index (χ3v) is 2.24. The third kappa shape index (κ3) is 3.00. The third-order valence-electron chi connectivity index (χ3n) is 1.86. The molecule has 0 radical (unpaired) electrons. The molecule has 1 N–H and O–H groups in total. The summed E-state index contributed by atoms with van der Waals surface area (Å²) in [5.41, 5.74) is -0.632. The second kappa shape index (κ2) is 5.72. The minimum Gasteiger partial charge on any atom is -0.486 e. The zero-order chi connectivity index (χ0) is 13.0. The molecule has 17 heavy (non-hydrogen) atoms. The van der Waals surface area contributed by atoms with Crippen LogP contribution in [0.2, 0.25) is 5.02 Å². The predicted octanol–water partition coefficient (Wildman–Crippen LogP) is 3.56. The average Bonchev–Trinajstić information content (AvgIpc) is 2.28. The zero-order valence-corrected chi connectivity index (χ0v) is 9.39. The largest absolute Gasteiger partial charge is 0.486 e. The number of nitrogens with one attached hydrogen (secondary N) is 1. The second-order valence-electron chi connectivity index (χ2n) is 2.94. The molecule has 0 atom stereocenters. The minimum absolute atomic E-state index is 0.106. The van der Waals surface area contributed by atoms with E-state index >= 15 is 0 Å². The topological polar surface area (TPSA) is 50.7 Å². The molecule has 0 spiro atoms. The maximum atomic E-state index is 13.3. The van der Waals surface area contributed by atoms with Gasteiger partial charge in [-0.15, -0.1) is 4.91 Å². The van der Waals surface area contributed by atoms with Crippen molar-refractivity contribution in [2.75, 3.05) is 19.0 Å². The van der Waals surface area contributed by atoms with Crippen molar-refractivity contribution in [2.45, 2.75) is 6.43 Å². The fourth-order valence-electron chi connectivity index (χ4n) is 1.17. The van der Waals surface area contributed by atoms with Crippen LogP contribution in [0.3, 0.4) is 0 Å². The van der Waals surface area contributed by atoms with Crippen LogP contribution >= 0.6 is 11.6 Å². The lowest BCUT2D eigenvalue weighted by atomic mass is 10.2. The van der Waals surface area contributed by atoms with E-state index < -0.39 is 24.5 Å². The van der Waals surface area contributed by atoms with Crippen LogP contribution in [0.1, 0.15) is 0 Å². The van der Waals surface area contributed by atoms with Gasteiger partial charge in [-0.25, -0.2) is 13.2 Å². The van der Waals surface area contributed by atoms with Gasteiger partial charge in [-0.3, -0.25) is 0 Å². The Balaban J connectivity index is 3.16. The average molecular weight is 269 g/mol. The molecule has 0 bridgehead atoms. The molecule has 94 valence electrons. The van der Waals surface area contributed by atoms with Gasteiger partial charge in [0.05, 0.1) is 5.69 Å². The van der Waals surface area contributed by atoms with Gasteiger partial charge in [0.15, 0.2) is 11.5 Å². The standard InChI is InChI=1S/C9H8ClF3N2O2/c1-14-9-7(10)5(17-3-6(12)13)2-4(11)8(9)15-16/h2,6,14H,3H2,1H3. The van der Waals surface area contributed by atoms with Crippen molar-refractivity contribution >= 4 is 23.0 Å². The first-order valence-corrected chi connectivity index (χ1v) is 4.83. The highest BCUT2D eigenvalue weighted by molar-refractivity contribution is 6.35. The summed E-state index contributed by atoms with van der Waals surface area (Å²) in [6.45, 7) is -0.920. The highest BCUT2D eigenvalue weighted by Gasteiger charge is 2.19. The van der Waals surface area contributed by atoms with Gasteiger partial charge in [-0.2, -0.15) is 0 Å². The molecule has 0 aliphatic heterocycles. The smallest absolute Gasteiger partial charge is 0.272 e. The summed E-state index contributed by atoms with van der Waals surface area (Å²) in [5.74, 6) is -1.28. The normalized spacial score (nSPS) is 10.5. The van der Waals surface area contributed by atoms with E-state index in [1.165, 1.54) is 7.05 Å². The highest BCUT2D eigenvalue weighted by atomic mass is 35.5. The van der Waals surface area contributed by atoms with E-state index in [0.717, 1.165) is 6.07 Å². The molecule has 1 aromatic rings. The fraction of sp³-hybridized carbons (Fsp3) is 0.333. The van der Waals surface area contributed by atoms with Crippen molar-refractivity contribution in [2.24, 2.45) is 5.18 Å². The lowest BCUT2D eigenvalue weighted by Crippen LogP contribution is -2.08. The maximum Gasteiger partial charge on any atom is 0.272 e. The molecule has 1 rings (SSSR count). The molecule has 0 saturated heterocycles. The second-order valence-corrected chi connectivity index (χ2v) is 3.32. The van der Waals surface area contributed by atoms with E-state index in [0.29, 0.717) is 0 Å². The van der Waals surface area contributed by atoms with E-state index in [1.807, 2.05) is 0 Å². The lowest BCUT2D eigenvalue weighted by molar-refractivity contribution is 0.0818. The van der Waals surface area contributed by atoms with Crippen molar-refractivity contribution in [3.8, 4) is 5.75 Å². The van der Waals surface area contributed by atoms with Crippen molar-refractivity contribution in [1.82, 2.24) is 0 Å². The molecule has 0 fully saturated rings. The number of hydrogen-bond acceptors (Lipinski definition) is 4. The number of nitroso groups, excluding NO2 is 1. The molecule has 0 aromatic heterocycles. The summed E-state index contributed by atoms with van der Waals surface area (Å²) in [7, 11) is 1.38. The number of hydrogen-bond donors (Lipinski definition) is 1. The first-order valence-electron chi connectivity index (χ1n) is 4.45. The van der Waals surface area contributed by atoms with Crippen LogP contribution in [0, 0.1) is 10.7 Å². The molecule has 0 heterocycles. The fourth-order valence-corrected chi connectivity index (χ4v) is 1.46. The Morgan fingerprint density at radius 3 is 2.71 bits per heavy atom. The number of ether oxygens (including phenoxy) is 1. The van der Waals surface area contributed by atoms with Crippen molar-refractivity contribution in [1.29, 1.82) is 0 Å². The number of benzene rings is 1. The van der Waals surface area contributed by atoms with Crippen LogP contribution in [0.15, 0.2) is 11.2 Å². The highest BCUT2D eigenvalue weighted by Crippen LogP contribution is 2.41. The van der Waals surface area contributed by atoms with Gasteiger partial charge in [0.25, 0.3) is 6.43 Å². The van der Waals surface area contributed by atoms with Crippen molar-refractivity contribution < 1.29 is 17.9 Å². The first-order chi connectivity index (χ1) is 8.01. The van der Waals surface area contributed by atoms with E-state index in [4.69, 9.17) is 11.6 Å².